The van der Waals surface area contributed by atoms with Gasteiger partial charge < -0.3 is 4.42 Å². The fraction of sp³-hybridized carbons (Fsp3) is 0.375. The van der Waals surface area contributed by atoms with Gasteiger partial charge in [-0.3, -0.25) is 14.2 Å². The molecule has 9 nitrogen and oxygen atoms in total. The molecule has 1 aliphatic heterocycles. The van der Waals surface area contributed by atoms with Crippen LogP contribution < -0.4 is 10.5 Å². The fourth-order valence-electron chi connectivity index (χ4n) is 5.30. The monoisotopic (exact) mass is 565 g/mol. The molecule has 200 valence electrons. The number of fused-ring (bicyclic) bond motifs is 2. The third kappa shape index (κ3) is 4.60. The second kappa shape index (κ2) is 9.20. The van der Waals surface area contributed by atoms with Gasteiger partial charge in [0.1, 0.15) is 17.0 Å². The zero-order chi connectivity index (χ0) is 26.7. The van der Waals surface area contributed by atoms with Crippen LogP contribution in [0.25, 0.3) is 11.1 Å². The predicted octanol–water partition coefficient (Wildman–Crippen LogP) is 3.44. The molecule has 0 bridgehead atoms. The van der Waals surface area contributed by atoms with Crippen LogP contribution in [-0.2, 0) is 35.8 Å². The summed E-state index contributed by atoms with van der Waals surface area (Å²) < 4.78 is 79.5. The summed E-state index contributed by atoms with van der Waals surface area (Å²) in [4.78, 5) is 17.5. The van der Waals surface area contributed by atoms with Gasteiger partial charge in [0.05, 0.1) is 18.6 Å². The number of anilines is 1. The first-order valence-electron chi connectivity index (χ1n) is 11.9. The van der Waals surface area contributed by atoms with Crippen molar-refractivity contribution >= 4 is 37.8 Å². The molecule has 1 N–H and O–H groups in total. The molecule has 2 aromatic heterocycles. The standard InChI is InChI=1S/C24H22F3N5O4S2/c25-18-9-19-20(10-21(18)38(34,35)30-22-28-13-29-37-22)36-23(33)32(19)7-6-15-3-1-2-14-4-5-16(8-17(14)15)31-11-24(26,27)12-31/h1-3,9-10,13,16H,4-8,11-12H2,(H,28,29,30). The quantitative estimate of drug-likeness (QED) is 0.366. The lowest BCUT2D eigenvalue weighted by Crippen LogP contribution is -2.60. The lowest BCUT2D eigenvalue weighted by Gasteiger charge is -2.45. The highest BCUT2D eigenvalue weighted by Crippen LogP contribution is 2.35. The van der Waals surface area contributed by atoms with E-state index >= 15 is 0 Å². The van der Waals surface area contributed by atoms with Crippen molar-refractivity contribution in [2.45, 2.75) is 49.1 Å². The van der Waals surface area contributed by atoms with Crippen LogP contribution >= 0.6 is 11.5 Å². The van der Waals surface area contributed by atoms with Crippen molar-refractivity contribution in [1.82, 2.24) is 18.8 Å². The molecule has 0 amide bonds. The van der Waals surface area contributed by atoms with Crippen molar-refractivity contribution < 1.29 is 26.0 Å². The van der Waals surface area contributed by atoms with Gasteiger partial charge in [0.15, 0.2) is 5.58 Å². The fourth-order valence-corrected chi connectivity index (χ4v) is 7.04. The minimum absolute atomic E-state index is 0.0280. The molecule has 1 saturated heterocycles. The molecule has 1 atom stereocenters. The van der Waals surface area contributed by atoms with E-state index in [1.54, 1.807) is 0 Å². The summed E-state index contributed by atoms with van der Waals surface area (Å²) in [6.45, 7) is -0.264. The van der Waals surface area contributed by atoms with Crippen molar-refractivity contribution in [3.63, 3.8) is 0 Å². The second-order valence-corrected chi connectivity index (χ2v) is 12.0. The Morgan fingerprint density at radius 3 is 2.79 bits per heavy atom. The van der Waals surface area contributed by atoms with Gasteiger partial charge in [-0.1, -0.05) is 18.2 Å². The molecule has 0 radical (unpaired) electrons. The van der Waals surface area contributed by atoms with Gasteiger partial charge in [0, 0.05) is 36.3 Å². The number of alkyl halides is 2. The molecule has 2 aromatic carbocycles. The SMILES string of the molecule is O=c1oc2cc(S(=O)(=O)Nc3ncns3)c(F)cc2n1CCc1cccc2c1CC(N1CC(F)(F)C1)CC2. The Hall–Kier alpha value is -3.23. The Kier molecular flexibility index (Phi) is 6.07. The Balaban J connectivity index is 1.24. The number of nitrogens with zero attached hydrogens (tertiary/aromatic N) is 4. The smallest absolute Gasteiger partial charge is 0.408 e. The Bertz CT molecular complexity index is 1680. The van der Waals surface area contributed by atoms with Gasteiger partial charge in [-0.2, -0.15) is 4.37 Å². The first-order valence-corrected chi connectivity index (χ1v) is 14.2. The summed E-state index contributed by atoms with van der Waals surface area (Å²) >= 11 is 0.793. The zero-order valence-corrected chi connectivity index (χ0v) is 21.5. The molecule has 1 aliphatic carbocycles. The largest absolute Gasteiger partial charge is 0.419 e. The summed E-state index contributed by atoms with van der Waals surface area (Å²) in [5.41, 5.74) is 3.32. The molecular weight excluding hydrogens is 543 g/mol. The van der Waals surface area contributed by atoms with Crippen molar-refractivity contribution in [2.75, 3.05) is 17.8 Å². The second-order valence-electron chi connectivity index (χ2n) is 9.58. The third-order valence-electron chi connectivity index (χ3n) is 7.14. The lowest BCUT2D eigenvalue weighted by molar-refractivity contribution is -0.147. The van der Waals surface area contributed by atoms with Crippen molar-refractivity contribution in [1.29, 1.82) is 0 Å². The minimum Gasteiger partial charge on any atom is -0.408 e. The van der Waals surface area contributed by atoms with E-state index < -0.39 is 32.4 Å². The van der Waals surface area contributed by atoms with Crippen LogP contribution in [0.4, 0.5) is 18.3 Å². The zero-order valence-electron chi connectivity index (χ0n) is 19.9. The molecule has 0 saturated carbocycles. The van der Waals surface area contributed by atoms with Crippen molar-refractivity contribution in [3.8, 4) is 0 Å². The van der Waals surface area contributed by atoms with Gasteiger partial charge in [-0.15, -0.1) is 0 Å². The number of oxazole rings is 1. The number of rotatable bonds is 7. The number of likely N-dealkylation sites (tertiary alicyclic amines) is 1. The maximum absolute atomic E-state index is 15.0. The minimum atomic E-state index is -4.33. The highest BCUT2D eigenvalue weighted by Gasteiger charge is 2.47. The van der Waals surface area contributed by atoms with Gasteiger partial charge in [-0.25, -0.2) is 31.4 Å². The van der Waals surface area contributed by atoms with Crippen LogP contribution in [0.3, 0.4) is 0 Å². The molecular formula is C24H22F3N5O4S2. The van der Waals surface area contributed by atoms with Gasteiger partial charge >= 0.3 is 5.76 Å². The summed E-state index contributed by atoms with van der Waals surface area (Å²) in [7, 11) is -4.33. The average molecular weight is 566 g/mol. The topological polar surface area (TPSA) is 110 Å². The normalized spacial score (nSPS) is 19.3. The number of nitrogens with one attached hydrogen (secondary N) is 1. The van der Waals surface area contributed by atoms with Crippen LogP contribution in [0.1, 0.15) is 23.1 Å². The highest BCUT2D eigenvalue weighted by molar-refractivity contribution is 7.93. The average Bonchev–Trinajstić information content (AvgIpc) is 3.46. The molecule has 6 rings (SSSR count). The van der Waals surface area contributed by atoms with Crippen LogP contribution in [0.2, 0.25) is 0 Å². The first-order chi connectivity index (χ1) is 18.1. The molecule has 4 aromatic rings. The van der Waals surface area contributed by atoms with Gasteiger partial charge in [0.2, 0.25) is 5.13 Å². The van der Waals surface area contributed by atoms with E-state index in [9.17, 15) is 26.4 Å². The van der Waals surface area contributed by atoms with E-state index in [-0.39, 0.29) is 41.9 Å². The number of aryl methyl sites for hydroxylation is 3. The Labute approximate surface area is 219 Å². The molecule has 38 heavy (non-hydrogen) atoms. The number of hydrogen-bond acceptors (Lipinski definition) is 8. The van der Waals surface area contributed by atoms with Crippen LogP contribution in [0.5, 0.6) is 0 Å². The van der Waals surface area contributed by atoms with Gasteiger partial charge in [0.25, 0.3) is 15.9 Å². The van der Waals surface area contributed by atoms with Crippen LogP contribution in [-0.4, -0.2) is 52.3 Å². The maximum Gasteiger partial charge on any atom is 0.419 e. The maximum atomic E-state index is 15.0. The van der Waals surface area contributed by atoms with Crippen LogP contribution in [0.15, 0.2) is 50.8 Å². The number of benzene rings is 2. The van der Waals surface area contributed by atoms with E-state index in [1.165, 1.54) is 10.1 Å². The van der Waals surface area contributed by atoms with Crippen molar-refractivity contribution in [2.24, 2.45) is 0 Å². The number of aromatic nitrogens is 3. The Morgan fingerprint density at radius 2 is 2.05 bits per heavy atom. The number of halogens is 3. The lowest BCUT2D eigenvalue weighted by atomic mass is 9.83. The van der Waals surface area contributed by atoms with E-state index in [2.05, 4.69) is 14.1 Å². The van der Waals surface area contributed by atoms with Crippen LogP contribution in [0, 0.1) is 5.82 Å². The third-order valence-corrected chi connectivity index (χ3v) is 9.20. The van der Waals surface area contributed by atoms with E-state index in [0.717, 1.165) is 54.0 Å². The molecule has 3 heterocycles. The summed E-state index contributed by atoms with van der Waals surface area (Å²) in [5.74, 6) is -4.40. The summed E-state index contributed by atoms with van der Waals surface area (Å²) in [6.07, 6.45) is 3.85. The first kappa shape index (κ1) is 25.1. The number of sulfonamides is 1. The van der Waals surface area contributed by atoms with E-state index in [1.807, 2.05) is 23.1 Å². The number of hydrogen-bond donors (Lipinski definition) is 1. The predicted molar refractivity (Wildman–Crippen MR) is 134 cm³/mol. The molecule has 1 fully saturated rings. The van der Waals surface area contributed by atoms with E-state index in [4.69, 9.17) is 4.42 Å². The van der Waals surface area contributed by atoms with Gasteiger partial charge in [-0.05, 0) is 42.4 Å². The van der Waals surface area contributed by atoms with E-state index in [0.29, 0.717) is 12.8 Å². The molecule has 2 aliphatic rings. The molecule has 14 heteroatoms. The summed E-state index contributed by atoms with van der Waals surface area (Å²) in [5, 5.41) is -0.0280. The highest BCUT2D eigenvalue weighted by atomic mass is 32.2. The van der Waals surface area contributed by atoms with Crippen molar-refractivity contribution in [3.05, 3.63) is 69.7 Å². The summed E-state index contributed by atoms with van der Waals surface area (Å²) in [6, 6.07) is 7.91. The molecule has 0 spiro atoms. The molecule has 1 unspecified atom stereocenters. The Morgan fingerprint density at radius 1 is 1.24 bits per heavy atom.